The number of nitrogens with one attached hydrogen (secondary N) is 1. The number of oxazole rings is 1. The van der Waals surface area contributed by atoms with Crippen LogP contribution >= 0.6 is 15.9 Å². The molecule has 0 aliphatic carbocycles. The van der Waals surface area contributed by atoms with Crippen LogP contribution in [0.5, 0.6) is 0 Å². The van der Waals surface area contributed by atoms with Crippen LogP contribution in [0.3, 0.4) is 0 Å². The van der Waals surface area contributed by atoms with Gasteiger partial charge in [0.25, 0.3) is 0 Å². The highest BCUT2D eigenvalue weighted by Crippen LogP contribution is 2.26. The van der Waals surface area contributed by atoms with Crippen molar-refractivity contribution in [2.24, 2.45) is 0 Å². The smallest absolute Gasteiger partial charge is 0.227 e. The van der Waals surface area contributed by atoms with Gasteiger partial charge in [-0.25, -0.2) is 9.97 Å². The summed E-state index contributed by atoms with van der Waals surface area (Å²) >= 11 is 3.51. The van der Waals surface area contributed by atoms with Gasteiger partial charge in [0, 0.05) is 30.0 Å². The van der Waals surface area contributed by atoms with E-state index in [0.717, 1.165) is 35.2 Å². The largest absolute Gasteiger partial charge is 0.444 e. The van der Waals surface area contributed by atoms with E-state index in [-0.39, 0.29) is 0 Å². The van der Waals surface area contributed by atoms with Crippen molar-refractivity contribution in [3.8, 4) is 11.5 Å². The molecule has 3 aromatic rings. The Morgan fingerprint density at radius 1 is 1.27 bits per heavy atom. The molecule has 0 saturated heterocycles. The molecule has 22 heavy (non-hydrogen) atoms. The first kappa shape index (κ1) is 15.0. The second-order valence-corrected chi connectivity index (χ2v) is 5.81. The minimum absolute atomic E-state index is 0.641. The van der Waals surface area contributed by atoms with Gasteiger partial charge in [0.2, 0.25) is 5.89 Å². The van der Waals surface area contributed by atoms with Crippen LogP contribution < -0.4 is 5.32 Å². The van der Waals surface area contributed by atoms with Crippen molar-refractivity contribution in [2.45, 2.75) is 19.5 Å². The van der Waals surface area contributed by atoms with E-state index in [0.29, 0.717) is 12.4 Å². The number of halogens is 1. The van der Waals surface area contributed by atoms with E-state index in [1.54, 1.807) is 12.5 Å². The van der Waals surface area contributed by atoms with Crippen LogP contribution in [0.15, 0.2) is 58.1 Å². The fourth-order valence-corrected chi connectivity index (χ4v) is 2.62. The SMILES string of the molecule is Brc1ccccc1-c1nc(CNCCCn2ccnc2)co1. The van der Waals surface area contributed by atoms with Gasteiger partial charge >= 0.3 is 0 Å². The summed E-state index contributed by atoms with van der Waals surface area (Å²) in [5.41, 5.74) is 1.88. The molecule has 0 aliphatic heterocycles. The van der Waals surface area contributed by atoms with Crippen molar-refractivity contribution in [3.05, 3.63) is 59.4 Å². The zero-order chi connectivity index (χ0) is 15.2. The minimum atomic E-state index is 0.641. The maximum Gasteiger partial charge on any atom is 0.227 e. The molecular weight excluding hydrogens is 344 g/mol. The Balaban J connectivity index is 1.47. The lowest BCUT2D eigenvalue weighted by Crippen LogP contribution is -2.16. The van der Waals surface area contributed by atoms with Crippen LogP contribution in [0, 0.1) is 0 Å². The van der Waals surface area contributed by atoms with Gasteiger partial charge in [0.05, 0.1) is 17.6 Å². The first-order valence-electron chi connectivity index (χ1n) is 7.19. The van der Waals surface area contributed by atoms with E-state index in [2.05, 4.69) is 35.8 Å². The van der Waals surface area contributed by atoms with Gasteiger partial charge in [-0.05, 0) is 41.0 Å². The Morgan fingerprint density at radius 3 is 3.00 bits per heavy atom. The molecule has 0 amide bonds. The predicted octanol–water partition coefficient (Wildman–Crippen LogP) is 3.48. The van der Waals surface area contributed by atoms with Crippen molar-refractivity contribution in [2.75, 3.05) is 6.54 Å². The molecule has 0 unspecified atom stereocenters. The molecule has 0 bridgehead atoms. The van der Waals surface area contributed by atoms with E-state index < -0.39 is 0 Å². The summed E-state index contributed by atoms with van der Waals surface area (Å²) in [7, 11) is 0. The Morgan fingerprint density at radius 2 is 2.18 bits per heavy atom. The first-order chi connectivity index (χ1) is 10.8. The Hall–Kier alpha value is -1.92. The molecule has 0 saturated carbocycles. The van der Waals surface area contributed by atoms with Crippen molar-refractivity contribution >= 4 is 15.9 Å². The van der Waals surface area contributed by atoms with Crippen molar-refractivity contribution in [3.63, 3.8) is 0 Å². The van der Waals surface area contributed by atoms with E-state index >= 15 is 0 Å². The summed E-state index contributed by atoms with van der Waals surface area (Å²) in [6.45, 7) is 2.60. The standard InChI is InChI=1S/C16H17BrN4O/c17-15-5-2-1-4-14(15)16-20-13(11-22-16)10-18-6-3-8-21-9-7-19-12-21/h1-2,4-5,7,9,11-12,18H,3,6,8,10H2. The number of hydrogen-bond acceptors (Lipinski definition) is 4. The molecule has 1 N–H and O–H groups in total. The maximum absolute atomic E-state index is 5.55. The number of hydrogen-bond donors (Lipinski definition) is 1. The number of benzene rings is 1. The van der Waals surface area contributed by atoms with E-state index in [9.17, 15) is 0 Å². The topological polar surface area (TPSA) is 55.9 Å². The monoisotopic (exact) mass is 360 g/mol. The fourth-order valence-electron chi connectivity index (χ4n) is 2.17. The van der Waals surface area contributed by atoms with Crippen LogP contribution in [0.25, 0.3) is 11.5 Å². The molecule has 3 rings (SSSR count). The maximum atomic E-state index is 5.55. The molecule has 0 atom stereocenters. The molecule has 0 fully saturated rings. The highest BCUT2D eigenvalue weighted by atomic mass is 79.9. The number of aryl methyl sites for hydroxylation is 1. The zero-order valence-corrected chi connectivity index (χ0v) is 13.7. The molecule has 2 heterocycles. The lowest BCUT2D eigenvalue weighted by atomic mass is 10.2. The molecule has 0 aliphatic rings. The van der Waals surface area contributed by atoms with Gasteiger partial charge in [-0.15, -0.1) is 0 Å². The van der Waals surface area contributed by atoms with Crippen molar-refractivity contribution < 1.29 is 4.42 Å². The third-order valence-electron chi connectivity index (χ3n) is 3.29. The predicted molar refractivity (Wildman–Crippen MR) is 88.2 cm³/mol. The Labute approximate surface area is 137 Å². The van der Waals surface area contributed by atoms with Crippen molar-refractivity contribution in [1.29, 1.82) is 0 Å². The van der Waals surface area contributed by atoms with Crippen LogP contribution in [0.2, 0.25) is 0 Å². The molecule has 0 radical (unpaired) electrons. The van der Waals surface area contributed by atoms with Gasteiger partial charge in [0.1, 0.15) is 6.26 Å². The van der Waals surface area contributed by atoms with E-state index in [1.807, 2.05) is 36.8 Å². The summed E-state index contributed by atoms with van der Waals surface area (Å²) in [5.74, 6) is 0.641. The van der Waals surface area contributed by atoms with Crippen LogP contribution in [-0.4, -0.2) is 21.1 Å². The summed E-state index contributed by atoms with van der Waals surface area (Å²) in [4.78, 5) is 8.54. The quantitative estimate of drug-likeness (QED) is 0.655. The first-order valence-corrected chi connectivity index (χ1v) is 7.98. The zero-order valence-electron chi connectivity index (χ0n) is 12.1. The molecule has 0 spiro atoms. The molecule has 5 nitrogen and oxygen atoms in total. The molecule has 2 aromatic heterocycles. The number of nitrogens with zero attached hydrogens (tertiary/aromatic N) is 3. The van der Waals surface area contributed by atoms with E-state index in [1.165, 1.54) is 0 Å². The van der Waals surface area contributed by atoms with Gasteiger partial charge in [-0.2, -0.15) is 0 Å². The minimum Gasteiger partial charge on any atom is -0.444 e. The summed E-state index contributed by atoms with van der Waals surface area (Å²) in [6.07, 6.45) is 8.36. The highest BCUT2D eigenvalue weighted by Gasteiger charge is 2.09. The molecule has 114 valence electrons. The van der Waals surface area contributed by atoms with Gasteiger partial charge in [-0.3, -0.25) is 0 Å². The number of imidazole rings is 1. The van der Waals surface area contributed by atoms with E-state index in [4.69, 9.17) is 4.42 Å². The third kappa shape index (κ3) is 3.84. The Kier molecular flexibility index (Phi) is 5.03. The third-order valence-corrected chi connectivity index (χ3v) is 3.98. The molecule has 6 heteroatoms. The molecule has 1 aromatic carbocycles. The Bertz CT molecular complexity index is 709. The van der Waals surface area contributed by atoms with Gasteiger partial charge in [0.15, 0.2) is 0 Å². The second-order valence-electron chi connectivity index (χ2n) is 4.95. The summed E-state index contributed by atoms with van der Waals surface area (Å²) in [6, 6.07) is 7.91. The highest BCUT2D eigenvalue weighted by molar-refractivity contribution is 9.10. The second kappa shape index (κ2) is 7.38. The summed E-state index contributed by atoms with van der Waals surface area (Å²) in [5, 5.41) is 3.38. The average Bonchev–Trinajstić information content (AvgIpc) is 3.19. The van der Waals surface area contributed by atoms with Gasteiger partial charge in [-0.1, -0.05) is 12.1 Å². The van der Waals surface area contributed by atoms with Crippen LogP contribution in [0.4, 0.5) is 0 Å². The molecular formula is C16H17BrN4O. The average molecular weight is 361 g/mol. The number of aromatic nitrogens is 3. The number of rotatable bonds is 7. The fraction of sp³-hybridized carbons (Fsp3) is 0.250. The van der Waals surface area contributed by atoms with Crippen molar-refractivity contribution in [1.82, 2.24) is 19.9 Å². The van der Waals surface area contributed by atoms with Crippen LogP contribution in [0.1, 0.15) is 12.1 Å². The lowest BCUT2D eigenvalue weighted by Gasteiger charge is -2.03. The van der Waals surface area contributed by atoms with Gasteiger partial charge < -0.3 is 14.3 Å². The normalized spacial score (nSPS) is 11.0. The van der Waals surface area contributed by atoms with Crippen LogP contribution in [-0.2, 0) is 13.1 Å². The summed E-state index contributed by atoms with van der Waals surface area (Å²) < 4.78 is 8.61. The lowest BCUT2D eigenvalue weighted by molar-refractivity contribution is 0.562.